The van der Waals surface area contributed by atoms with E-state index in [0.717, 1.165) is 55.5 Å². The lowest BCUT2D eigenvalue weighted by Gasteiger charge is -2.36. The molecule has 0 saturated carbocycles. The van der Waals surface area contributed by atoms with E-state index in [4.69, 9.17) is 9.47 Å². The van der Waals surface area contributed by atoms with Crippen molar-refractivity contribution in [2.24, 2.45) is 21.3 Å². The van der Waals surface area contributed by atoms with Crippen LogP contribution in [0.3, 0.4) is 0 Å². The summed E-state index contributed by atoms with van der Waals surface area (Å²) in [6.45, 7) is 12.3. The average Bonchev–Trinajstić information content (AvgIpc) is 3.62. The molecule has 3 amide bonds. The molecule has 2 aliphatic rings. The molecule has 6 bridgehead atoms. The third-order valence-corrected chi connectivity index (χ3v) is 12.7. The smallest absolute Gasteiger partial charge is 0.324 e. The van der Waals surface area contributed by atoms with E-state index < -0.39 is 35.4 Å². The Kier molecular flexibility index (Phi) is 15.8. The largest absolute Gasteiger partial charge is 0.464 e. The number of esters is 1. The number of hydrogen-bond donors (Lipinski definition) is 2. The number of ether oxygens (including phenoxy) is 2. The molecule has 67 heavy (non-hydrogen) atoms. The molecule has 7 rings (SSSR count). The van der Waals surface area contributed by atoms with Crippen LogP contribution < -0.4 is 10.7 Å². The number of nitrogens with zero attached hydrogens (tertiary/aromatic N) is 6. The lowest BCUT2D eigenvalue weighted by atomic mass is 9.84. The number of aromatic nitrogens is 2. The summed E-state index contributed by atoms with van der Waals surface area (Å²) in [6, 6.07) is 26.3. The fourth-order valence-electron chi connectivity index (χ4n) is 9.33. The van der Waals surface area contributed by atoms with Gasteiger partial charge < -0.3 is 24.3 Å². The van der Waals surface area contributed by atoms with E-state index in [0.29, 0.717) is 45.5 Å². The van der Waals surface area contributed by atoms with Crippen molar-refractivity contribution in [2.75, 3.05) is 33.9 Å². The molecule has 0 aliphatic carbocycles. The van der Waals surface area contributed by atoms with E-state index in [1.807, 2.05) is 68.6 Å². The molecule has 2 aromatic heterocycles. The molecule has 14 nitrogen and oxygen atoms in total. The predicted molar refractivity (Wildman–Crippen MR) is 260 cm³/mol. The summed E-state index contributed by atoms with van der Waals surface area (Å²) in [5, 5.41) is 5.58. The van der Waals surface area contributed by atoms with Crippen LogP contribution in [0, 0.1) is 11.3 Å². The first-order valence-electron chi connectivity index (χ1n) is 23.4. The van der Waals surface area contributed by atoms with E-state index in [-0.39, 0.29) is 43.7 Å². The Hall–Kier alpha value is -6.47. The van der Waals surface area contributed by atoms with Crippen LogP contribution in [0.15, 0.2) is 101 Å². The van der Waals surface area contributed by atoms with Crippen LogP contribution in [-0.4, -0.2) is 101 Å². The standard InChI is InChI=1S/C53H64N8O6/c1-8-60-46-20-19-39-28-41(46)42(49(60)43-31-54-23-21-40(43)32-66-7)29-53(4,5)33-67-52(65)44-18-13-25-61(58-44)51(64)45(27-37-16-12-17-38(39)26-37)57-50(63)48(35(2)3)59(6)47(62)22-24-55-34-56-30-36-14-10-9-11-15-36/h9-12,14-17,19-21,23,26,28,31,35,44-45,48,58H,8,13,18,22,24-25,27,29-30,32-33H2,1-7H3,(H,57,63)/t44-,45-,48-/m0/s1. The van der Waals surface area contributed by atoms with Crippen molar-refractivity contribution >= 4 is 40.6 Å². The number of pyridine rings is 1. The molecule has 0 radical (unpaired) electrons. The van der Waals surface area contributed by atoms with Gasteiger partial charge in [-0.25, -0.2) is 15.4 Å². The third kappa shape index (κ3) is 11.6. The molecule has 3 aromatic carbocycles. The van der Waals surface area contributed by atoms with Crippen LogP contribution in [-0.2, 0) is 61.2 Å². The van der Waals surface area contributed by atoms with Crippen LogP contribution >= 0.6 is 0 Å². The molecular formula is C53H64N8O6. The molecule has 2 N–H and O–H groups in total. The molecule has 1 fully saturated rings. The number of aryl methyl sites for hydroxylation is 1. The number of hydrogen-bond acceptors (Lipinski definition) is 10. The Morgan fingerprint density at radius 2 is 1.84 bits per heavy atom. The fourth-order valence-corrected chi connectivity index (χ4v) is 9.33. The monoisotopic (exact) mass is 908 g/mol. The van der Waals surface area contributed by atoms with Crippen molar-refractivity contribution in [1.82, 2.24) is 30.2 Å². The molecule has 3 atom stereocenters. The number of benzene rings is 3. The van der Waals surface area contributed by atoms with E-state index in [9.17, 15) is 19.2 Å². The minimum absolute atomic E-state index is 0.0540. The van der Waals surface area contributed by atoms with Gasteiger partial charge in [-0.15, -0.1) is 0 Å². The maximum atomic E-state index is 14.7. The number of hydrazine groups is 1. The summed E-state index contributed by atoms with van der Waals surface area (Å²) in [6.07, 6.45) is 5.54. The molecule has 5 aromatic rings. The van der Waals surface area contributed by atoms with Crippen LogP contribution in [0.2, 0.25) is 0 Å². The summed E-state index contributed by atoms with van der Waals surface area (Å²) in [5.74, 6) is -1.85. The van der Waals surface area contributed by atoms with Gasteiger partial charge in [-0.3, -0.25) is 29.2 Å². The Morgan fingerprint density at radius 1 is 1.04 bits per heavy atom. The molecular weight excluding hydrogens is 845 g/mol. The SMILES string of the molecule is CCn1c(-c2cnccc2COC)c2c3cc(ccc31)-c1cccc(c1)C[C@H](NC(=O)[C@H](C(C)C)N(C)C(=O)CCN=C=NCc1ccccc1)C(=O)N1CCC[C@H](N1)C(=O)OCC(C)(C)C2. The van der Waals surface area contributed by atoms with E-state index in [1.54, 1.807) is 20.4 Å². The number of methoxy groups -OCH3 is 1. The van der Waals surface area contributed by atoms with E-state index >= 15 is 0 Å². The molecule has 0 unspecified atom stereocenters. The number of aliphatic imine (C=N–C) groups is 2. The summed E-state index contributed by atoms with van der Waals surface area (Å²) in [7, 11) is 3.30. The second-order valence-corrected chi connectivity index (χ2v) is 18.7. The molecule has 4 heterocycles. The number of fused-ring (bicyclic) bond motifs is 6. The minimum atomic E-state index is -1.03. The molecule has 1 saturated heterocycles. The number of rotatable bonds is 13. The predicted octanol–water partition coefficient (Wildman–Crippen LogP) is 7.43. The van der Waals surface area contributed by atoms with Gasteiger partial charge in [0.1, 0.15) is 18.1 Å². The zero-order valence-corrected chi connectivity index (χ0v) is 39.9. The number of nitrogens with one attached hydrogen (secondary N) is 2. The Balaban J connectivity index is 1.22. The van der Waals surface area contributed by atoms with Gasteiger partial charge in [0.25, 0.3) is 5.91 Å². The quantitative estimate of drug-likeness (QED) is 0.0912. The Morgan fingerprint density at radius 3 is 2.60 bits per heavy atom. The van der Waals surface area contributed by atoms with Gasteiger partial charge in [0.2, 0.25) is 11.8 Å². The van der Waals surface area contributed by atoms with Crippen molar-refractivity contribution in [3.05, 3.63) is 114 Å². The first kappa shape index (κ1) is 48.5. The van der Waals surface area contributed by atoms with Crippen molar-refractivity contribution in [3.8, 4) is 22.4 Å². The normalized spacial score (nSPS) is 17.8. The van der Waals surface area contributed by atoms with Crippen LogP contribution in [0.5, 0.6) is 0 Å². The zero-order chi connectivity index (χ0) is 47.7. The van der Waals surface area contributed by atoms with Gasteiger partial charge in [-0.05, 0) is 83.7 Å². The maximum absolute atomic E-state index is 14.7. The van der Waals surface area contributed by atoms with Gasteiger partial charge >= 0.3 is 5.97 Å². The lowest BCUT2D eigenvalue weighted by molar-refractivity contribution is -0.155. The van der Waals surface area contributed by atoms with Gasteiger partial charge in [-0.1, -0.05) is 88.4 Å². The third-order valence-electron chi connectivity index (χ3n) is 12.7. The number of carbonyl (C=O) groups is 4. The van der Waals surface area contributed by atoms with Crippen molar-refractivity contribution in [1.29, 1.82) is 0 Å². The molecule has 0 spiro atoms. The zero-order valence-electron chi connectivity index (χ0n) is 39.9. The summed E-state index contributed by atoms with van der Waals surface area (Å²) in [5.41, 5.74) is 11.7. The average molecular weight is 909 g/mol. The minimum Gasteiger partial charge on any atom is -0.464 e. The topological polar surface area (TPSA) is 160 Å². The fraction of sp³-hybridized carbons (Fsp3) is 0.434. The maximum Gasteiger partial charge on any atom is 0.324 e. The van der Waals surface area contributed by atoms with Gasteiger partial charge in [0, 0.05) is 74.4 Å². The highest BCUT2D eigenvalue weighted by molar-refractivity contribution is 5.96. The van der Waals surface area contributed by atoms with Crippen LogP contribution in [0.25, 0.3) is 33.3 Å². The summed E-state index contributed by atoms with van der Waals surface area (Å²) in [4.78, 5) is 70.9. The van der Waals surface area contributed by atoms with E-state index in [2.05, 4.69) is 87.4 Å². The first-order chi connectivity index (χ1) is 32.3. The van der Waals surface area contributed by atoms with Gasteiger partial charge in [0.05, 0.1) is 38.0 Å². The van der Waals surface area contributed by atoms with Gasteiger partial charge in [-0.2, -0.15) is 0 Å². The molecule has 352 valence electrons. The van der Waals surface area contributed by atoms with Crippen LogP contribution in [0.1, 0.15) is 76.1 Å². The lowest BCUT2D eigenvalue weighted by Crippen LogP contribution is -2.62. The van der Waals surface area contributed by atoms with Crippen LogP contribution in [0.4, 0.5) is 0 Å². The highest BCUT2D eigenvalue weighted by Crippen LogP contribution is 2.41. The van der Waals surface area contributed by atoms with Crippen molar-refractivity contribution < 1.29 is 28.7 Å². The number of carbonyl (C=O) groups excluding carboxylic acids is 4. The second-order valence-electron chi connectivity index (χ2n) is 18.7. The van der Waals surface area contributed by atoms with E-state index in [1.165, 1.54) is 9.91 Å². The Bertz CT molecular complexity index is 2630. The molecule has 14 heteroatoms. The number of likely N-dealkylation sites (N-methyl/N-ethyl adjacent to an activating group) is 1. The van der Waals surface area contributed by atoms with Crippen molar-refractivity contribution in [2.45, 2.75) is 105 Å². The summed E-state index contributed by atoms with van der Waals surface area (Å²) >= 11 is 0. The van der Waals surface area contributed by atoms with Gasteiger partial charge in [0.15, 0.2) is 0 Å². The number of amides is 3. The molecule has 2 aliphatic heterocycles. The Labute approximate surface area is 393 Å². The number of cyclic esters (lactones) is 1. The second kappa shape index (κ2) is 21.9. The summed E-state index contributed by atoms with van der Waals surface area (Å²) < 4.78 is 14.1. The van der Waals surface area contributed by atoms with Crippen molar-refractivity contribution in [3.63, 3.8) is 0 Å². The first-order valence-corrected chi connectivity index (χ1v) is 23.4. The highest BCUT2D eigenvalue weighted by Gasteiger charge is 2.37. The highest BCUT2D eigenvalue weighted by atomic mass is 16.5.